The lowest BCUT2D eigenvalue weighted by Crippen LogP contribution is -2.47. The highest BCUT2D eigenvalue weighted by Gasteiger charge is 2.19. The lowest BCUT2D eigenvalue weighted by atomic mass is 10.2. The minimum Gasteiger partial charge on any atom is -0.368 e. The average molecular weight is 272 g/mol. The zero-order valence-electron chi connectivity index (χ0n) is 11.5. The third-order valence-electron chi connectivity index (χ3n) is 3.54. The van der Waals surface area contributed by atoms with Crippen molar-refractivity contribution in [3.05, 3.63) is 48.0 Å². The molecule has 0 amide bonds. The first-order valence-electron chi connectivity index (χ1n) is 6.76. The lowest BCUT2D eigenvalue weighted by molar-refractivity contribution is 0.602. The molecule has 0 unspecified atom stereocenters. The van der Waals surface area contributed by atoms with Crippen LogP contribution in [0.3, 0.4) is 0 Å². The van der Waals surface area contributed by atoms with E-state index in [0.717, 1.165) is 26.2 Å². The van der Waals surface area contributed by atoms with Crippen LogP contribution < -0.4 is 9.80 Å². The third-order valence-corrected chi connectivity index (χ3v) is 3.54. The number of rotatable bonds is 2. The van der Waals surface area contributed by atoms with E-state index in [2.05, 4.69) is 51.0 Å². The van der Waals surface area contributed by atoms with Crippen molar-refractivity contribution in [1.29, 1.82) is 0 Å². The molecule has 0 saturated carbocycles. The van der Waals surface area contributed by atoms with Crippen molar-refractivity contribution in [3.63, 3.8) is 0 Å². The van der Waals surface area contributed by atoms with E-state index in [9.17, 15) is 4.39 Å². The first kappa shape index (κ1) is 12.8. The molecule has 0 spiro atoms. The normalized spacial score (nSPS) is 15.5. The summed E-state index contributed by atoms with van der Waals surface area (Å²) in [5, 5.41) is 0. The zero-order chi connectivity index (χ0) is 13.9. The smallest absolute Gasteiger partial charge is 0.225 e. The second-order valence-electron chi connectivity index (χ2n) is 5.01. The summed E-state index contributed by atoms with van der Waals surface area (Å²) in [6.45, 7) is 5.64. The minimum absolute atomic E-state index is 0.396. The summed E-state index contributed by atoms with van der Waals surface area (Å²) in [5.74, 6) is 0.211. The monoisotopic (exact) mass is 272 g/mol. The Morgan fingerprint density at radius 1 is 1.00 bits per heavy atom. The van der Waals surface area contributed by atoms with Gasteiger partial charge in [-0.05, 0) is 24.6 Å². The number of hydrogen-bond acceptors (Lipinski definition) is 4. The molecule has 1 aliphatic rings. The Kier molecular flexibility index (Phi) is 3.50. The summed E-state index contributed by atoms with van der Waals surface area (Å²) in [6.07, 6.45) is 2.44. The van der Waals surface area contributed by atoms with Crippen molar-refractivity contribution < 1.29 is 4.39 Å². The predicted molar refractivity (Wildman–Crippen MR) is 77.6 cm³/mol. The number of benzene rings is 1. The van der Waals surface area contributed by atoms with Crippen LogP contribution in [0.25, 0.3) is 0 Å². The molecule has 0 atom stereocenters. The average Bonchev–Trinajstić information content (AvgIpc) is 2.48. The molecular formula is C15H17FN4. The number of hydrogen-bond donors (Lipinski definition) is 0. The Bertz CT molecular complexity index is 577. The first-order chi connectivity index (χ1) is 9.72. The van der Waals surface area contributed by atoms with Crippen molar-refractivity contribution in [1.82, 2.24) is 9.97 Å². The Morgan fingerprint density at radius 2 is 1.65 bits per heavy atom. The van der Waals surface area contributed by atoms with E-state index in [4.69, 9.17) is 0 Å². The van der Waals surface area contributed by atoms with Gasteiger partial charge in [0.2, 0.25) is 5.95 Å². The van der Waals surface area contributed by atoms with Gasteiger partial charge in [0, 0.05) is 31.9 Å². The second-order valence-corrected chi connectivity index (χ2v) is 5.01. The van der Waals surface area contributed by atoms with E-state index >= 15 is 0 Å². The van der Waals surface area contributed by atoms with Crippen LogP contribution in [0.5, 0.6) is 0 Å². The van der Waals surface area contributed by atoms with Crippen molar-refractivity contribution >= 4 is 11.6 Å². The molecule has 4 nitrogen and oxygen atoms in total. The quantitative estimate of drug-likeness (QED) is 0.839. The summed E-state index contributed by atoms with van der Waals surface area (Å²) in [6, 6.07) is 8.52. The Labute approximate surface area is 117 Å². The van der Waals surface area contributed by atoms with Gasteiger partial charge >= 0.3 is 0 Å². The lowest BCUT2D eigenvalue weighted by Gasteiger charge is -2.36. The van der Waals surface area contributed by atoms with E-state index < -0.39 is 5.82 Å². The van der Waals surface area contributed by atoms with Gasteiger partial charge in [-0.1, -0.05) is 12.1 Å². The summed E-state index contributed by atoms with van der Waals surface area (Å²) >= 11 is 0. The molecule has 20 heavy (non-hydrogen) atoms. The number of aromatic nitrogens is 2. The fourth-order valence-electron chi connectivity index (χ4n) is 2.46. The van der Waals surface area contributed by atoms with Crippen LogP contribution in [0.4, 0.5) is 16.0 Å². The zero-order valence-corrected chi connectivity index (χ0v) is 11.5. The van der Waals surface area contributed by atoms with E-state index in [-0.39, 0.29) is 0 Å². The molecule has 1 aliphatic heterocycles. The van der Waals surface area contributed by atoms with Crippen molar-refractivity contribution in [2.75, 3.05) is 36.0 Å². The van der Waals surface area contributed by atoms with Crippen molar-refractivity contribution in [3.8, 4) is 0 Å². The Hall–Kier alpha value is -2.17. The summed E-state index contributed by atoms with van der Waals surface area (Å²) < 4.78 is 12.8. The van der Waals surface area contributed by atoms with Crippen LogP contribution in [0.2, 0.25) is 0 Å². The fraction of sp³-hybridized carbons (Fsp3) is 0.333. The molecule has 0 aliphatic carbocycles. The van der Waals surface area contributed by atoms with Crippen LogP contribution >= 0.6 is 0 Å². The predicted octanol–water partition coefficient (Wildman–Crippen LogP) is 2.25. The van der Waals surface area contributed by atoms with Crippen LogP contribution in [0.15, 0.2) is 36.7 Å². The molecular weight excluding hydrogens is 255 g/mol. The standard InChI is InChI=1S/C15H17FN4/c1-12-3-2-4-14(9-12)19-5-7-20(8-6-19)15-17-10-13(16)11-18-15/h2-4,9-11H,5-8H2,1H3. The van der Waals surface area contributed by atoms with Gasteiger partial charge in [-0.3, -0.25) is 0 Å². The van der Waals surface area contributed by atoms with Crippen LogP contribution in [-0.4, -0.2) is 36.1 Å². The van der Waals surface area contributed by atoms with Crippen LogP contribution in [0, 0.1) is 12.7 Å². The molecule has 1 fully saturated rings. The van der Waals surface area contributed by atoms with Crippen LogP contribution in [-0.2, 0) is 0 Å². The van der Waals surface area contributed by atoms with Gasteiger partial charge in [-0.25, -0.2) is 14.4 Å². The van der Waals surface area contributed by atoms with Crippen molar-refractivity contribution in [2.24, 2.45) is 0 Å². The molecule has 3 rings (SSSR count). The fourth-order valence-corrected chi connectivity index (χ4v) is 2.46. The highest BCUT2D eigenvalue weighted by molar-refractivity contribution is 5.50. The van der Waals surface area contributed by atoms with Gasteiger partial charge in [0.15, 0.2) is 5.82 Å². The summed E-state index contributed by atoms with van der Waals surface area (Å²) in [5.41, 5.74) is 2.52. The Morgan fingerprint density at radius 3 is 2.30 bits per heavy atom. The minimum atomic E-state index is -0.396. The molecule has 1 saturated heterocycles. The molecule has 0 N–H and O–H groups in total. The van der Waals surface area contributed by atoms with Crippen LogP contribution in [0.1, 0.15) is 5.56 Å². The maximum Gasteiger partial charge on any atom is 0.225 e. The number of halogens is 1. The van der Waals surface area contributed by atoms with E-state index in [1.54, 1.807) is 0 Å². The van der Waals surface area contributed by atoms with E-state index in [1.165, 1.54) is 23.6 Å². The first-order valence-corrected chi connectivity index (χ1v) is 6.76. The molecule has 0 radical (unpaired) electrons. The molecule has 104 valence electrons. The van der Waals surface area contributed by atoms with Gasteiger partial charge in [0.1, 0.15) is 0 Å². The summed E-state index contributed by atoms with van der Waals surface area (Å²) in [4.78, 5) is 12.5. The SMILES string of the molecule is Cc1cccc(N2CCN(c3ncc(F)cn3)CC2)c1. The maximum absolute atomic E-state index is 12.8. The molecule has 0 bridgehead atoms. The van der Waals surface area contributed by atoms with Gasteiger partial charge < -0.3 is 9.80 Å². The molecule has 1 aromatic heterocycles. The number of anilines is 2. The van der Waals surface area contributed by atoms with Gasteiger partial charge in [-0.15, -0.1) is 0 Å². The number of aryl methyl sites for hydroxylation is 1. The molecule has 5 heteroatoms. The number of nitrogens with zero attached hydrogens (tertiary/aromatic N) is 4. The van der Waals surface area contributed by atoms with Gasteiger partial charge in [0.05, 0.1) is 12.4 Å². The highest BCUT2D eigenvalue weighted by Crippen LogP contribution is 2.19. The van der Waals surface area contributed by atoms with E-state index in [0.29, 0.717) is 5.95 Å². The molecule has 1 aromatic carbocycles. The molecule has 2 heterocycles. The largest absolute Gasteiger partial charge is 0.368 e. The second kappa shape index (κ2) is 5.45. The summed E-state index contributed by atoms with van der Waals surface area (Å²) in [7, 11) is 0. The number of piperazine rings is 1. The topological polar surface area (TPSA) is 32.3 Å². The maximum atomic E-state index is 12.8. The van der Waals surface area contributed by atoms with Crippen molar-refractivity contribution in [2.45, 2.75) is 6.92 Å². The van der Waals surface area contributed by atoms with Gasteiger partial charge in [0.25, 0.3) is 0 Å². The highest BCUT2D eigenvalue weighted by atomic mass is 19.1. The Balaban J connectivity index is 1.66. The van der Waals surface area contributed by atoms with Gasteiger partial charge in [-0.2, -0.15) is 0 Å². The van der Waals surface area contributed by atoms with E-state index in [1.807, 2.05) is 0 Å². The molecule has 2 aromatic rings. The third kappa shape index (κ3) is 2.71.